The molecule has 2 aliphatic heterocycles. The third-order valence-electron chi connectivity index (χ3n) is 7.31. The lowest BCUT2D eigenvalue weighted by Crippen LogP contribution is -2.46. The molecule has 0 unspecified atom stereocenters. The Labute approximate surface area is 204 Å². The Kier molecular flexibility index (Phi) is 5.91. The van der Waals surface area contributed by atoms with Gasteiger partial charge in [-0.15, -0.1) is 0 Å². The minimum atomic E-state index is -0.623. The highest BCUT2D eigenvalue weighted by molar-refractivity contribution is 5.84. The molecule has 5 rings (SSSR count). The van der Waals surface area contributed by atoms with E-state index >= 15 is 0 Å². The maximum absolute atomic E-state index is 14.4. The molecule has 182 valence electrons. The lowest BCUT2D eigenvalue weighted by molar-refractivity contribution is -0.131. The molecule has 1 N–H and O–H groups in total. The number of rotatable bonds is 4. The van der Waals surface area contributed by atoms with Gasteiger partial charge in [-0.2, -0.15) is 0 Å². The molecular formula is C27H30FN5O2. The first kappa shape index (κ1) is 23.2. The SMILES string of the molecule is COc1cc([C@@H](C)C(=O)N2CC[C@@]3(CCc4cc(-c5cc(C)ccn5)c(C)nc4N3)C2)c(F)cn1. The maximum atomic E-state index is 14.4. The van der Waals surface area contributed by atoms with Gasteiger partial charge in [0.15, 0.2) is 0 Å². The van der Waals surface area contributed by atoms with Crippen LogP contribution < -0.4 is 10.1 Å². The van der Waals surface area contributed by atoms with Gasteiger partial charge in [0.05, 0.1) is 30.5 Å². The standard InChI is InChI=1S/C27H30FN5O2/c1-16-6-9-29-23(11-16)21-12-19-5-7-27(32-25(19)31-18(21)3)8-10-33(15-27)26(34)17(2)20-13-24(35-4)30-14-22(20)28/h6,9,11-14,17H,5,7-8,10,15H2,1-4H3,(H,31,32)/t17-,27+/m1/s1. The largest absolute Gasteiger partial charge is 0.481 e. The highest BCUT2D eigenvalue weighted by atomic mass is 19.1. The number of methoxy groups -OCH3 is 1. The first-order valence-corrected chi connectivity index (χ1v) is 12.0. The van der Waals surface area contributed by atoms with E-state index in [-0.39, 0.29) is 11.4 Å². The highest BCUT2D eigenvalue weighted by Gasteiger charge is 2.43. The Morgan fingerprint density at radius 2 is 2.06 bits per heavy atom. The molecule has 0 aliphatic carbocycles. The normalized spacial score (nSPS) is 19.9. The Bertz CT molecular complexity index is 1300. The molecule has 0 aromatic carbocycles. The average Bonchev–Trinajstić information content (AvgIpc) is 3.26. The van der Waals surface area contributed by atoms with Crippen LogP contribution in [0.2, 0.25) is 0 Å². The van der Waals surface area contributed by atoms with Crippen molar-refractivity contribution in [2.75, 3.05) is 25.5 Å². The van der Waals surface area contributed by atoms with E-state index in [9.17, 15) is 9.18 Å². The first-order chi connectivity index (χ1) is 16.8. The lowest BCUT2D eigenvalue weighted by Gasteiger charge is -2.36. The van der Waals surface area contributed by atoms with Crippen LogP contribution in [0, 0.1) is 19.7 Å². The number of carbonyl (C=O) groups excluding carboxylic acids is 1. The molecule has 2 aliphatic rings. The van der Waals surface area contributed by atoms with Crippen molar-refractivity contribution in [3.63, 3.8) is 0 Å². The Balaban J connectivity index is 1.34. The molecule has 3 aromatic heterocycles. The number of amides is 1. The van der Waals surface area contributed by atoms with Crippen LogP contribution in [0.1, 0.15) is 48.1 Å². The first-order valence-electron chi connectivity index (χ1n) is 12.0. The zero-order valence-electron chi connectivity index (χ0n) is 20.6. The van der Waals surface area contributed by atoms with E-state index in [1.54, 1.807) is 6.92 Å². The number of likely N-dealkylation sites (tertiary alicyclic amines) is 1. The minimum Gasteiger partial charge on any atom is -0.481 e. The van der Waals surface area contributed by atoms with Gasteiger partial charge >= 0.3 is 0 Å². The molecule has 7 nitrogen and oxygen atoms in total. The van der Waals surface area contributed by atoms with Crippen LogP contribution >= 0.6 is 0 Å². The van der Waals surface area contributed by atoms with Crippen LogP contribution in [0.15, 0.2) is 36.7 Å². The van der Waals surface area contributed by atoms with Crippen molar-refractivity contribution in [2.24, 2.45) is 0 Å². The minimum absolute atomic E-state index is 0.0911. The third kappa shape index (κ3) is 4.33. The van der Waals surface area contributed by atoms with E-state index in [2.05, 4.69) is 34.3 Å². The highest BCUT2D eigenvalue weighted by Crippen LogP contribution is 2.39. The van der Waals surface area contributed by atoms with E-state index in [0.29, 0.717) is 24.5 Å². The molecule has 1 spiro atoms. The molecule has 35 heavy (non-hydrogen) atoms. The number of ether oxygens (including phenoxy) is 1. The van der Waals surface area contributed by atoms with Crippen molar-refractivity contribution in [3.05, 3.63) is 64.9 Å². The summed E-state index contributed by atoms with van der Waals surface area (Å²) in [6.45, 7) is 7.00. The summed E-state index contributed by atoms with van der Waals surface area (Å²) in [5.74, 6) is -0.0261. The van der Waals surface area contributed by atoms with Crippen LogP contribution in [0.5, 0.6) is 5.88 Å². The number of hydrogen-bond acceptors (Lipinski definition) is 6. The predicted octanol–water partition coefficient (Wildman–Crippen LogP) is 4.44. The second kappa shape index (κ2) is 8.91. The van der Waals surface area contributed by atoms with Gasteiger partial charge in [-0.3, -0.25) is 9.78 Å². The van der Waals surface area contributed by atoms with Gasteiger partial charge in [-0.25, -0.2) is 14.4 Å². The van der Waals surface area contributed by atoms with Gasteiger partial charge in [0.1, 0.15) is 11.6 Å². The van der Waals surface area contributed by atoms with Gasteiger partial charge in [0.2, 0.25) is 11.8 Å². The molecule has 3 aromatic rings. The van der Waals surface area contributed by atoms with E-state index in [1.807, 2.05) is 24.1 Å². The monoisotopic (exact) mass is 475 g/mol. The quantitative estimate of drug-likeness (QED) is 0.601. The zero-order chi connectivity index (χ0) is 24.7. The number of nitrogens with one attached hydrogen (secondary N) is 1. The van der Waals surface area contributed by atoms with Crippen LogP contribution in [0.4, 0.5) is 10.2 Å². The predicted molar refractivity (Wildman–Crippen MR) is 132 cm³/mol. The molecule has 0 radical (unpaired) electrons. The summed E-state index contributed by atoms with van der Waals surface area (Å²) in [6, 6.07) is 7.77. The second-order valence-electron chi connectivity index (χ2n) is 9.73. The van der Waals surface area contributed by atoms with Crippen molar-refractivity contribution >= 4 is 11.7 Å². The molecule has 1 saturated heterocycles. The molecule has 5 heterocycles. The number of pyridine rings is 3. The molecule has 0 bridgehead atoms. The molecule has 0 saturated carbocycles. The average molecular weight is 476 g/mol. The van der Waals surface area contributed by atoms with Crippen molar-refractivity contribution in [1.29, 1.82) is 0 Å². The number of carbonyl (C=O) groups is 1. The maximum Gasteiger partial charge on any atom is 0.230 e. The van der Waals surface area contributed by atoms with Gasteiger partial charge < -0.3 is 15.0 Å². The number of halogens is 1. The number of fused-ring (bicyclic) bond motifs is 1. The second-order valence-corrected chi connectivity index (χ2v) is 9.73. The Morgan fingerprint density at radius 3 is 2.83 bits per heavy atom. The summed E-state index contributed by atoms with van der Waals surface area (Å²) in [5.41, 5.74) is 5.33. The molecule has 1 fully saturated rings. The lowest BCUT2D eigenvalue weighted by atomic mass is 9.86. The molecule has 2 atom stereocenters. The van der Waals surface area contributed by atoms with Crippen molar-refractivity contribution in [2.45, 2.75) is 51.5 Å². The van der Waals surface area contributed by atoms with E-state index in [1.165, 1.54) is 24.3 Å². The number of nitrogens with zero attached hydrogens (tertiary/aromatic N) is 4. The Morgan fingerprint density at radius 1 is 1.23 bits per heavy atom. The number of aryl methyl sites for hydroxylation is 3. The van der Waals surface area contributed by atoms with Gasteiger partial charge in [0.25, 0.3) is 0 Å². The fraction of sp³-hybridized carbons (Fsp3) is 0.407. The Hall–Kier alpha value is -3.55. The van der Waals surface area contributed by atoms with Crippen LogP contribution in [0.3, 0.4) is 0 Å². The number of aromatic nitrogens is 3. The number of hydrogen-bond donors (Lipinski definition) is 1. The van der Waals surface area contributed by atoms with Gasteiger partial charge in [0, 0.05) is 42.2 Å². The van der Waals surface area contributed by atoms with E-state index in [4.69, 9.17) is 9.72 Å². The van der Waals surface area contributed by atoms with Crippen LogP contribution in [-0.2, 0) is 11.2 Å². The fourth-order valence-electron chi connectivity index (χ4n) is 5.23. The van der Waals surface area contributed by atoms with Gasteiger partial charge in [-0.1, -0.05) is 0 Å². The van der Waals surface area contributed by atoms with E-state index < -0.39 is 11.7 Å². The van der Waals surface area contributed by atoms with Crippen molar-refractivity contribution < 1.29 is 13.9 Å². The van der Waals surface area contributed by atoms with Crippen LogP contribution in [0.25, 0.3) is 11.3 Å². The van der Waals surface area contributed by atoms with Crippen LogP contribution in [-0.4, -0.2) is 51.5 Å². The summed E-state index contributed by atoms with van der Waals surface area (Å²) in [4.78, 5) is 28.5. The topological polar surface area (TPSA) is 80.2 Å². The molecule has 8 heteroatoms. The van der Waals surface area contributed by atoms with E-state index in [0.717, 1.165) is 48.2 Å². The molecule has 1 amide bonds. The summed E-state index contributed by atoms with van der Waals surface area (Å²) in [5, 5.41) is 3.67. The summed E-state index contributed by atoms with van der Waals surface area (Å²) < 4.78 is 19.5. The number of anilines is 1. The van der Waals surface area contributed by atoms with Gasteiger partial charge in [-0.05, 0) is 69.4 Å². The third-order valence-corrected chi connectivity index (χ3v) is 7.31. The smallest absolute Gasteiger partial charge is 0.230 e. The summed E-state index contributed by atoms with van der Waals surface area (Å²) in [6.07, 6.45) is 5.55. The van der Waals surface area contributed by atoms with Crippen molar-refractivity contribution in [1.82, 2.24) is 19.9 Å². The fourth-order valence-corrected chi connectivity index (χ4v) is 5.23. The zero-order valence-corrected chi connectivity index (χ0v) is 20.6. The van der Waals surface area contributed by atoms with Crippen molar-refractivity contribution in [3.8, 4) is 17.1 Å². The molecular weight excluding hydrogens is 445 g/mol. The summed E-state index contributed by atoms with van der Waals surface area (Å²) >= 11 is 0. The summed E-state index contributed by atoms with van der Waals surface area (Å²) in [7, 11) is 1.48.